The van der Waals surface area contributed by atoms with Gasteiger partial charge in [0.2, 0.25) is 0 Å². The number of benzene rings is 1. The molecule has 2 rings (SSSR count). The van der Waals surface area contributed by atoms with E-state index in [9.17, 15) is 17.6 Å². The van der Waals surface area contributed by atoms with Gasteiger partial charge in [0.15, 0.2) is 9.84 Å². The fraction of sp³-hybridized carbons (Fsp3) is 0.417. The summed E-state index contributed by atoms with van der Waals surface area (Å²) in [6, 6.07) is 2.55. The third kappa shape index (κ3) is 2.82. The number of carboxylic acid groups (broad SMARTS) is 1. The Morgan fingerprint density at radius 2 is 2.15 bits per heavy atom. The van der Waals surface area contributed by atoms with Crippen LogP contribution < -0.4 is 5.73 Å². The van der Waals surface area contributed by atoms with E-state index >= 15 is 0 Å². The number of aliphatic carboxylic acids is 1. The predicted molar refractivity (Wildman–Crippen MR) is 67.4 cm³/mol. The zero-order chi connectivity index (χ0) is 14.9. The minimum absolute atomic E-state index is 0.0576. The first-order valence-electron chi connectivity index (χ1n) is 5.91. The number of halogens is 1. The molecule has 1 heterocycles. The Balaban J connectivity index is 2.28. The number of hydrogen-bond donors (Lipinski definition) is 2. The zero-order valence-electron chi connectivity index (χ0n) is 10.5. The molecule has 1 aromatic rings. The molecule has 1 aromatic carbocycles. The molecule has 110 valence electrons. The molecule has 1 fully saturated rings. The number of carboxylic acids is 1. The van der Waals surface area contributed by atoms with E-state index in [0.29, 0.717) is 0 Å². The zero-order valence-corrected chi connectivity index (χ0v) is 11.3. The maximum absolute atomic E-state index is 13.9. The van der Waals surface area contributed by atoms with E-state index in [1.54, 1.807) is 0 Å². The average molecular weight is 303 g/mol. The summed E-state index contributed by atoms with van der Waals surface area (Å²) in [5.41, 5.74) is 5.85. The third-order valence-corrected chi connectivity index (χ3v) is 5.23. The van der Waals surface area contributed by atoms with Crippen molar-refractivity contribution >= 4 is 15.8 Å². The van der Waals surface area contributed by atoms with E-state index in [1.165, 1.54) is 6.07 Å². The standard InChI is InChI=1S/C12H14FNO5S/c13-9-3-7(10(14)4-12(15)16)1-2-11(9)20(17,18)8-5-19-6-8/h1-3,8,10H,4-6,14H2,(H,15,16). The van der Waals surface area contributed by atoms with E-state index in [4.69, 9.17) is 15.6 Å². The highest BCUT2D eigenvalue weighted by molar-refractivity contribution is 7.92. The van der Waals surface area contributed by atoms with Crippen molar-refractivity contribution in [3.63, 3.8) is 0 Å². The highest BCUT2D eigenvalue weighted by Crippen LogP contribution is 2.26. The third-order valence-electron chi connectivity index (χ3n) is 3.13. The second kappa shape index (κ2) is 5.47. The van der Waals surface area contributed by atoms with Gasteiger partial charge in [-0.3, -0.25) is 4.79 Å². The summed E-state index contributed by atoms with van der Waals surface area (Å²) in [5.74, 6) is -2.03. The highest BCUT2D eigenvalue weighted by atomic mass is 32.2. The lowest BCUT2D eigenvalue weighted by molar-refractivity contribution is -0.137. The van der Waals surface area contributed by atoms with Crippen LogP contribution in [0.3, 0.4) is 0 Å². The van der Waals surface area contributed by atoms with Gasteiger partial charge < -0.3 is 15.6 Å². The molecule has 0 aliphatic carbocycles. The number of ether oxygens (including phenoxy) is 1. The van der Waals surface area contributed by atoms with Gasteiger partial charge in [-0.05, 0) is 17.7 Å². The van der Waals surface area contributed by atoms with E-state index < -0.39 is 37.8 Å². The summed E-state index contributed by atoms with van der Waals surface area (Å²) in [4.78, 5) is 10.1. The molecular formula is C12H14FNO5S. The van der Waals surface area contributed by atoms with Gasteiger partial charge in [0.05, 0.1) is 19.6 Å². The van der Waals surface area contributed by atoms with Gasteiger partial charge in [-0.1, -0.05) is 6.07 Å². The van der Waals surface area contributed by atoms with Crippen molar-refractivity contribution < 1.29 is 27.4 Å². The normalized spacial score (nSPS) is 17.5. The summed E-state index contributed by atoms with van der Waals surface area (Å²) in [5, 5.41) is 7.90. The Bertz CT molecular complexity index is 627. The van der Waals surface area contributed by atoms with Crippen molar-refractivity contribution in [1.29, 1.82) is 0 Å². The van der Waals surface area contributed by atoms with Crippen LogP contribution in [0.15, 0.2) is 23.1 Å². The van der Waals surface area contributed by atoms with E-state index in [0.717, 1.165) is 12.1 Å². The second-order valence-electron chi connectivity index (χ2n) is 4.60. The molecule has 3 N–H and O–H groups in total. The minimum Gasteiger partial charge on any atom is -0.481 e. The maximum Gasteiger partial charge on any atom is 0.305 e. The predicted octanol–water partition coefficient (Wildman–Crippen LogP) is 0.473. The number of carbonyl (C=O) groups is 1. The Morgan fingerprint density at radius 1 is 1.50 bits per heavy atom. The number of nitrogens with two attached hydrogens (primary N) is 1. The Kier molecular flexibility index (Phi) is 4.07. The van der Waals surface area contributed by atoms with E-state index in [1.807, 2.05) is 0 Å². The molecule has 1 atom stereocenters. The summed E-state index contributed by atoms with van der Waals surface area (Å²) in [6.45, 7) is 0.115. The molecule has 1 unspecified atom stereocenters. The van der Waals surface area contributed by atoms with Crippen molar-refractivity contribution in [2.75, 3.05) is 13.2 Å². The van der Waals surface area contributed by atoms with Crippen LogP contribution in [-0.2, 0) is 19.4 Å². The molecule has 6 nitrogen and oxygen atoms in total. The molecule has 8 heteroatoms. The van der Waals surface area contributed by atoms with E-state index in [-0.39, 0.29) is 25.2 Å². The molecule has 0 spiro atoms. The summed E-state index contributed by atoms with van der Waals surface area (Å²) < 4.78 is 42.8. The molecule has 1 aliphatic rings. The largest absolute Gasteiger partial charge is 0.481 e. The van der Waals surface area contributed by atoms with Gasteiger partial charge in [0.1, 0.15) is 16.0 Å². The lowest BCUT2D eigenvalue weighted by atomic mass is 10.0. The van der Waals surface area contributed by atoms with Gasteiger partial charge >= 0.3 is 5.97 Å². The van der Waals surface area contributed by atoms with Gasteiger partial charge in [-0.25, -0.2) is 12.8 Å². The van der Waals surface area contributed by atoms with Gasteiger partial charge in [-0.2, -0.15) is 0 Å². The summed E-state index contributed by atoms with van der Waals surface area (Å²) in [7, 11) is -3.76. The summed E-state index contributed by atoms with van der Waals surface area (Å²) in [6.07, 6.45) is -0.359. The van der Waals surface area contributed by atoms with Crippen molar-refractivity contribution in [2.24, 2.45) is 5.73 Å². The molecule has 0 aromatic heterocycles. The van der Waals surface area contributed by atoms with Gasteiger partial charge in [-0.15, -0.1) is 0 Å². The highest BCUT2D eigenvalue weighted by Gasteiger charge is 2.35. The molecular weight excluding hydrogens is 289 g/mol. The molecule has 1 aliphatic heterocycles. The molecule has 0 radical (unpaired) electrons. The van der Waals surface area contributed by atoms with Crippen LogP contribution in [0.2, 0.25) is 0 Å². The average Bonchev–Trinajstić information content (AvgIpc) is 2.24. The lowest BCUT2D eigenvalue weighted by Crippen LogP contribution is -2.41. The Labute approximate surface area is 115 Å². The number of sulfone groups is 1. The fourth-order valence-corrected chi connectivity index (χ4v) is 3.36. The van der Waals surface area contributed by atoms with Gasteiger partial charge in [0.25, 0.3) is 0 Å². The Hall–Kier alpha value is -1.51. The van der Waals surface area contributed by atoms with Crippen LogP contribution in [0.4, 0.5) is 4.39 Å². The molecule has 20 heavy (non-hydrogen) atoms. The first kappa shape index (κ1) is 14.9. The number of hydrogen-bond acceptors (Lipinski definition) is 5. The first-order valence-corrected chi connectivity index (χ1v) is 7.45. The molecule has 0 amide bonds. The lowest BCUT2D eigenvalue weighted by Gasteiger charge is -2.26. The van der Waals surface area contributed by atoms with Crippen LogP contribution >= 0.6 is 0 Å². The SMILES string of the molecule is NC(CC(=O)O)c1ccc(S(=O)(=O)C2COC2)c(F)c1. The Morgan fingerprint density at radius 3 is 2.60 bits per heavy atom. The monoisotopic (exact) mass is 303 g/mol. The maximum atomic E-state index is 13.9. The second-order valence-corrected chi connectivity index (χ2v) is 6.80. The van der Waals surface area contributed by atoms with Crippen LogP contribution in [0.5, 0.6) is 0 Å². The van der Waals surface area contributed by atoms with Crippen LogP contribution in [0.25, 0.3) is 0 Å². The minimum atomic E-state index is -3.76. The van der Waals surface area contributed by atoms with Crippen molar-refractivity contribution in [3.05, 3.63) is 29.6 Å². The molecule has 0 bridgehead atoms. The van der Waals surface area contributed by atoms with Crippen LogP contribution in [-0.4, -0.2) is 38.0 Å². The smallest absolute Gasteiger partial charge is 0.305 e. The number of rotatable bonds is 5. The van der Waals surface area contributed by atoms with Crippen molar-refractivity contribution in [3.8, 4) is 0 Å². The summed E-state index contributed by atoms with van der Waals surface area (Å²) >= 11 is 0. The van der Waals surface area contributed by atoms with Crippen molar-refractivity contribution in [1.82, 2.24) is 0 Å². The molecule has 1 saturated heterocycles. The van der Waals surface area contributed by atoms with Gasteiger partial charge in [0, 0.05) is 6.04 Å². The van der Waals surface area contributed by atoms with Crippen LogP contribution in [0, 0.1) is 5.82 Å². The van der Waals surface area contributed by atoms with E-state index in [2.05, 4.69) is 0 Å². The van der Waals surface area contributed by atoms with Crippen LogP contribution in [0.1, 0.15) is 18.0 Å². The topological polar surface area (TPSA) is 107 Å². The van der Waals surface area contributed by atoms with Crippen molar-refractivity contribution in [2.45, 2.75) is 22.6 Å². The fourth-order valence-electron chi connectivity index (χ4n) is 1.86. The molecule has 0 saturated carbocycles. The quantitative estimate of drug-likeness (QED) is 0.819. The first-order chi connectivity index (χ1) is 9.32.